The topological polar surface area (TPSA) is 82.0 Å². The highest BCUT2D eigenvalue weighted by atomic mass is 16.2. The summed E-state index contributed by atoms with van der Waals surface area (Å²) in [7, 11) is 0. The number of carbonyl (C=O) groups is 2. The van der Waals surface area contributed by atoms with E-state index >= 15 is 0 Å². The molecule has 21 heavy (non-hydrogen) atoms. The summed E-state index contributed by atoms with van der Waals surface area (Å²) in [6.07, 6.45) is 2.74. The lowest BCUT2D eigenvalue weighted by atomic mass is 10.00. The lowest BCUT2D eigenvalue weighted by Gasteiger charge is -2.10. The Hall–Kier alpha value is -2.35. The Morgan fingerprint density at radius 3 is 2.62 bits per heavy atom. The molecule has 0 aliphatic heterocycles. The van der Waals surface area contributed by atoms with Crippen LogP contribution in [0.4, 0.5) is 0 Å². The first-order valence-corrected chi connectivity index (χ1v) is 7.19. The number of benzene rings is 1. The van der Waals surface area contributed by atoms with Crippen LogP contribution in [0.1, 0.15) is 24.8 Å². The molecular formula is C16H19N3O2. The second-order valence-electron chi connectivity index (χ2n) is 5.25. The lowest BCUT2D eigenvalue weighted by molar-refractivity contribution is -0.123. The molecule has 0 bridgehead atoms. The van der Waals surface area contributed by atoms with Gasteiger partial charge in [0.05, 0.1) is 6.07 Å². The largest absolute Gasteiger partial charge is 0.354 e. The summed E-state index contributed by atoms with van der Waals surface area (Å²) in [5.74, 6) is -1.09. The molecule has 2 N–H and O–H groups in total. The fourth-order valence-electron chi connectivity index (χ4n) is 2.00. The fraction of sp³-hybridized carbons (Fsp3) is 0.438. The van der Waals surface area contributed by atoms with Crippen LogP contribution in [0, 0.1) is 17.2 Å². The van der Waals surface area contributed by atoms with E-state index in [1.807, 2.05) is 36.4 Å². The molecule has 1 aliphatic carbocycles. The first kappa shape index (κ1) is 15.0. The Morgan fingerprint density at radius 2 is 2.00 bits per heavy atom. The lowest BCUT2D eigenvalue weighted by Crippen LogP contribution is -2.35. The third-order valence-corrected chi connectivity index (χ3v) is 3.35. The Labute approximate surface area is 124 Å². The Kier molecular flexibility index (Phi) is 5.33. The van der Waals surface area contributed by atoms with E-state index < -0.39 is 5.92 Å². The molecule has 1 saturated carbocycles. The normalized spacial score (nSPS) is 14.8. The average molecular weight is 285 g/mol. The minimum atomic E-state index is -0.723. The minimum Gasteiger partial charge on any atom is -0.354 e. The van der Waals surface area contributed by atoms with E-state index in [1.54, 1.807) is 0 Å². The molecule has 1 aromatic rings. The van der Waals surface area contributed by atoms with E-state index in [2.05, 4.69) is 10.6 Å². The quantitative estimate of drug-likeness (QED) is 0.788. The summed E-state index contributed by atoms with van der Waals surface area (Å²) in [5.41, 5.74) is 0.950. The molecule has 0 radical (unpaired) electrons. The monoisotopic (exact) mass is 285 g/mol. The zero-order valence-electron chi connectivity index (χ0n) is 11.8. The maximum Gasteiger partial charge on any atom is 0.237 e. The summed E-state index contributed by atoms with van der Waals surface area (Å²) in [4.78, 5) is 23.4. The van der Waals surface area contributed by atoms with Crippen molar-refractivity contribution in [2.24, 2.45) is 5.92 Å². The average Bonchev–Trinajstić information content (AvgIpc) is 3.29. The Bertz CT molecular complexity index is 532. The van der Waals surface area contributed by atoms with Crippen molar-refractivity contribution in [2.45, 2.75) is 31.7 Å². The third-order valence-electron chi connectivity index (χ3n) is 3.35. The maximum absolute atomic E-state index is 11.9. The van der Waals surface area contributed by atoms with Crippen LogP contribution in [0.3, 0.4) is 0 Å². The summed E-state index contributed by atoms with van der Waals surface area (Å²) in [6.45, 7) is 0.268. The van der Waals surface area contributed by atoms with Gasteiger partial charge in [-0.05, 0) is 24.8 Å². The van der Waals surface area contributed by atoms with Crippen molar-refractivity contribution in [1.82, 2.24) is 10.6 Å². The van der Waals surface area contributed by atoms with Crippen molar-refractivity contribution < 1.29 is 9.59 Å². The highest BCUT2D eigenvalue weighted by molar-refractivity contribution is 5.82. The molecule has 5 nitrogen and oxygen atoms in total. The predicted molar refractivity (Wildman–Crippen MR) is 78.0 cm³/mol. The molecule has 1 unspecified atom stereocenters. The second-order valence-corrected chi connectivity index (χ2v) is 5.25. The van der Waals surface area contributed by atoms with Crippen molar-refractivity contribution in [3.05, 3.63) is 35.9 Å². The highest BCUT2D eigenvalue weighted by Gasteiger charge is 2.23. The predicted octanol–water partition coefficient (Wildman–Crippen LogP) is 1.15. The Balaban J connectivity index is 1.72. The fourth-order valence-corrected chi connectivity index (χ4v) is 2.00. The molecular weight excluding hydrogens is 266 g/mol. The molecule has 1 atom stereocenters. The number of hydrogen-bond donors (Lipinski definition) is 2. The van der Waals surface area contributed by atoms with Crippen molar-refractivity contribution in [1.29, 1.82) is 5.26 Å². The van der Waals surface area contributed by atoms with Crippen molar-refractivity contribution in [3.63, 3.8) is 0 Å². The number of rotatable bonds is 7. The van der Waals surface area contributed by atoms with Crippen LogP contribution in [0.15, 0.2) is 30.3 Å². The van der Waals surface area contributed by atoms with E-state index in [-0.39, 0.29) is 24.8 Å². The molecule has 0 saturated heterocycles. The van der Waals surface area contributed by atoms with Gasteiger partial charge in [0, 0.05) is 19.0 Å². The number of nitriles is 1. The van der Waals surface area contributed by atoms with Crippen LogP contribution in [0.25, 0.3) is 0 Å². The standard InChI is InChI=1S/C16H19N3O2/c17-11-13(10-12-4-2-1-3-5-12)16(21)18-9-8-15(20)19-14-6-7-14/h1-5,13-14H,6-10H2,(H,18,21)(H,19,20). The summed E-state index contributed by atoms with van der Waals surface area (Å²) < 4.78 is 0. The van der Waals surface area contributed by atoms with Crippen LogP contribution in [-0.4, -0.2) is 24.4 Å². The third kappa shape index (κ3) is 5.27. The van der Waals surface area contributed by atoms with E-state index in [0.717, 1.165) is 18.4 Å². The number of amides is 2. The molecule has 0 heterocycles. The molecule has 1 aromatic carbocycles. The molecule has 5 heteroatoms. The first-order valence-electron chi connectivity index (χ1n) is 7.19. The van der Waals surface area contributed by atoms with Crippen LogP contribution < -0.4 is 10.6 Å². The van der Waals surface area contributed by atoms with Gasteiger partial charge in [0.1, 0.15) is 5.92 Å². The second kappa shape index (κ2) is 7.44. The van der Waals surface area contributed by atoms with Gasteiger partial charge in [-0.1, -0.05) is 30.3 Å². The number of nitrogens with one attached hydrogen (secondary N) is 2. The molecule has 1 aliphatic rings. The molecule has 1 fully saturated rings. The van der Waals surface area contributed by atoms with Crippen molar-refractivity contribution in [2.75, 3.05) is 6.54 Å². The molecule has 0 aromatic heterocycles. The number of hydrogen-bond acceptors (Lipinski definition) is 3. The van der Waals surface area contributed by atoms with Gasteiger partial charge in [-0.3, -0.25) is 9.59 Å². The van der Waals surface area contributed by atoms with E-state index in [9.17, 15) is 9.59 Å². The van der Waals surface area contributed by atoms with Crippen LogP contribution in [-0.2, 0) is 16.0 Å². The molecule has 2 rings (SSSR count). The van der Waals surface area contributed by atoms with Crippen LogP contribution in [0.5, 0.6) is 0 Å². The SMILES string of the molecule is N#CC(Cc1ccccc1)C(=O)NCCC(=O)NC1CC1. The van der Waals surface area contributed by atoms with Gasteiger partial charge in [-0.15, -0.1) is 0 Å². The highest BCUT2D eigenvalue weighted by Crippen LogP contribution is 2.18. The van der Waals surface area contributed by atoms with Gasteiger partial charge < -0.3 is 10.6 Å². The zero-order valence-corrected chi connectivity index (χ0v) is 11.8. The summed E-state index contributed by atoms with van der Waals surface area (Å²) in [5, 5.41) is 14.6. The van der Waals surface area contributed by atoms with Gasteiger partial charge in [0.25, 0.3) is 0 Å². The smallest absolute Gasteiger partial charge is 0.237 e. The van der Waals surface area contributed by atoms with Crippen LogP contribution in [0.2, 0.25) is 0 Å². The molecule has 0 spiro atoms. The van der Waals surface area contributed by atoms with Gasteiger partial charge in [0.15, 0.2) is 0 Å². The minimum absolute atomic E-state index is 0.0469. The van der Waals surface area contributed by atoms with Gasteiger partial charge in [-0.25, -0.2) is 0 Å². The van der Waals surface area contributed by atoms with Crippen LogP contribution >= 0.6 is 0 Å². The summed E-state index contributed by atoms with van der Waals surface area (Å²) in [6, 6.07) is 11.8. The number of carbonyl (C=O) groups excluding carboxylic acids is 2. The number of nitrogens with zero attached hydrogens (tertiary/aromatic N) is 1. The van der Waals surface area contributed by atoms with E-state index in [1.165, 1.54) is 0 Å². The maximum atomic E-state index is 11.9. The van der Waals surface area contributed by atoms with Crippen molar-refractivity contribution >= 4 is 11.8 Å². The van der Waals surface area contributed by atoms with Gasteiger partial charge in [-0.2, -0.15) is 5.26 Å². The van der Waals surface area contributed by atoms with Gasteiger partial charge in [0.2, 0.25) is 11.8 Å². The van der Waals surface area contributed by atoms with E-state index in [4.69, 9.17) is 5.26 Å². The first-order chi connectivity index (χ1) is 10.2. The molecule has 110 valence electrons. The van der Waals surface area contributed by atoms with Crippen molar-refractivity contribution in [3.8, 4) is 6.07 Å². The Morgan fingerprint density at radius 1 is 1.29 bits per heavy atom. The van der Waals surface area contributed by atoms with E-state index in [0.29, 0.717) is 12.5 Å². The molecule has 2 amide bonds. The summed E-state index contributed by atoms with van der Waals surface area (Å²) >= 11 is 0. The van der Waals surface area contributed by atoms with Gasteiger partial charge >= 0.3 is 0 Å². The zero-order chi connectivity index (χ0) is 15.1.